The minimum Gasteiger partial charge on any atom is -0.546 e. The number of amides is 1. The van der Waals surface area contributed by atoms with Crippen LogP contribution in [0.15, 0.2) is 47.6 Å². The first kappa shape index (κ1) is 20.3. The summed E-state index contributed by atoms with van der Waals surface area (Å²) in [4.78, 5) is 22.2. The molecule has 0 bridgehead atoms. The fraction of sp³-hybridized carbons (Fsp3) is 0.211. The highest BCUT2D eigenvalue weighted by atomic mass is 35.5. The first-order valence-corrected chi connectivity index (χ1v) is 8.38. The number of carbonyl (C=O) groups is 2. The van der Waals surface area contributed by atoms with Crippen molar-refractivity contribution in [2.75, 3.05) is 13.2 Å². The molecule has 0 aliphatic heterocycles. The predicted molar refractivity (Wildman–Crippen MR) is 99.0 cm³/mol. The van der Waals surface area contributed by atoms with E-state index in [1.54, 1.807) is 49.4 Å². The Hall–Kier alpha value is -3.06. The fourth-order valence-electron chi connectivity index (χ4n) is 2.10. The lowest BCUT2D eigenvalue weighted by atomic mass is 10.1. The van der Waals surface area contributed by atoms with E-state index >= 15 is 0 Å². The second-order valence-electron chi connectivity index (χ2n) is 5.62. The molecule has 0 radical (unpaired) electrons. The van der Waals surface area contributed by atoms with Crippen LogP contribution in [0.5, 0.6) is 11.5 Å². The molecule has 0 spiro atoms. The van der Waals surface area contributed by atoms with Gasteiger partial charge in [0.1, 0.15) is 18.1 Å². The SMILES string of the molecule is C/C(=N/NC(=O)COc1ccc(Cl)cc1C)c1ccc(OCC(=O)[O-])cc1. The van der Waals surface area contributed by atoms with Gasteiger partial charge < -0.3 is 19.4 Å². The van der Waals surface area contributed by atoms with Crippen LogP contribution in [0.3, 0.4) is 0 Å². The summed E-state index contributed by atoms with van der Waals surface area (Å²) in [6, 6.07) is 11.7. The molecule has 1 amide bonds. The molecular formula is C19H18ClN2O5-. The molecule has 2 rings (SSSR count). The number of aliphatic carboxylic acids is 1. The van der Waals surface area contributed by atoms with Gasteiger partial charge in [-0.15, -0.1) is 0 Å². The lowest BCUT2D eigenvalue weighted by Gasteiger charge is -2.09. The predicted octanol–water partition coefficient (Wildman–Crippen LogP) is 1.70. The fourth-order valence-corrected chi connectivity index (χ4v) is 2.32. The van der Waals surface area contributed by atoms with E-state index in [0.717, 1.165) is 11.1 Å². The molecule has 2 aromatic rings. The quantitative estimate of drug-likeness (QED) is 0.547. The summed E-state index contributed by atoms with van der Waals surface area (Å²) in [5, 5.41) is 15.0. The molecule has 0 fully saturated rings. The van der Waals surface area contributed by atoms with E-state index in [1.807, 2.05) is 6.92 Å². The zero-order valence-electron chi connectivity index (χ0n) is 14.8. The maximum atomic E-state index is 11.9. The van der Waals surface area contributed by atoms with Gasteiger partial charge in [0.05, 0.1) is 11.7 Å². The van der Waals surface area contributed by atoms with Crippen molar-refractivity contribution in [3.63, 3.8) is 0 Å². The summed E-state index contributed by atoms with van der Waals surface area (Å²) in [5.41, 5.74) is 4.56. The van der Waals surface area contributed by atoms with Crippen LogP contribution in [0, 0.1) is 6.92 Å². The summed E-state index contributed by atoms with van der Waals surface area (Å²) >= 11 is 5.87. The number of carboxylic acid groups (broad SMARTS) is 1. The highest BCUT2D eigenvalue weighted by Crippen LogP contribution is 2.21. The maximum absolute atomic E-state index is 11.9. The number of hydrogen-bond acceptors (Lipinski definition) is 6. The third-order valence-corrected chi connectivity index (χ3v) is 3.71. The second-order valence-corrected chi connectivity index (χ2v) is 6.05. The van der Waals surface area contributed by atoms with Crippen molar-refractivity contribution in [3.8, 4) is 11.5 Å². The first-order chi connectivity index (χ1) is 12.8. The van der Waals surface area contributed by atoms with Crippen LogP contribution in [-0.4, -0.2) is 30.8 Å². The van der Waals surface area contributed by atoms with E-state index in [2.05, 4.69) is 10.5 Å². The molecule has 0 unspecified atom stereocenters. The summed E-state index contributed by atoms with van der Waals surface area (Å²) in [5.74, 6) is -0.734. The van der Waals surface area contributed by atoms with Gasteiger partial charge in [-0.1, -0.05) is 11.6 Å². The van der Waals surface area contributed by atoms with Crippen LogP contribution < -0.4 is 20.0 Å². The Labute approximate surface area is 161 Å². The zero-order chi connectivity index (χ0) is 19.8. The van der Waals surface area contributed by atoms with Gasteiger partial charge in [0.25, 0.3) is 5.91 Å². The van der Waals surface area contributed by atoms with Gasteiger partial charge in [0.2, 0.25) is 0 Å². The minimum absolute atomic E-state index is 0.185. The molecule has 0 aliphatic carbocycles. The number of halogens is 1. The molecule has 0 saturated heterocycles. The van der Waals surface area contributed by atoms with Gasteiger partial charge in [-0.3, -0.25) is 4.79 Å². The molecule has 0 aliphatic rings. The third kappa shape index (κ3) is 6.63. The number of hydrogen-bond donors (Lipinski definition) is 1. The topological polar surface area (TPSA) is 100 Å². The second kappa shape index (κ2) is 9.59. The van der Waals surface area contributed by atoms with Crippen molar-refractivity contribution in [2.45, 2.75) is 13.8 Å². The Morgan fingerprint density at radius 1 is 1.11 bits per heavy atom. The Morgan fingerprint density at radius 3 is 2.44 bits per heavy atom. The van der Waals surface area contributed by atoms with Gasteiger partial charge in [0.15, 0.2) is 6.61 Å². The molecule has 27 heavy (non-hydrogen) atoms. The Kier molecular flexibility index (Phi) is 7.19. The van der Waals surface area contributed by atoms with Crippen molar-refractivity contribution in [1.29, 1.82) is 0 Å². The van der Waals surface area contributed by atoms with Crippen LogP contribution >= 0.6 is 11.6 Å². The summed E-state index contributed by atoms with van der Waals surface area (Å²) < 4.78 is 10.4. The molecule has 0 heterocycles. The number of aryl methyl sites for hydroxylation is 1. The summed E-state index contributed by atoms with van der Waals surface area (Å²) in [6.45, 7) is 2.86. The van der Waals surface area contributed by atoms with E-state index in [-0.39, 0.29) is 6.61 Å². The van der Waals surface area contributed by atoms with Crippen molar-refractivity contribution < 1.29 is 24.2 Å². The average molecular weight is 390 g/mol. The van der Waals surface area contributed by atoms with Gasteiger partial charge in [0, 0.05) is 5.02 Å². The standard InChI is InChI=1S/C19H19ClN2O5/c1-12-9-15(20)5-8-17(12)27-10-18(23)22-21-13(2)14-3-6-16(7-4-14)26-11-19(24)25/h3-9H,10-11H2,1-2H3,(H,22,23)(H,24,25)/p-1/b21-13-. The molecule has 0 aromatic heterocycles. The molecular weight excluding hydrogens is 372 g/mol. The van der Waals surface area contributed by atoms with Gasteiger partial charge in [-0.05, 0) is 67.4 Å². The van der Waals surface area contributed by atoms with Crippen molar-refractivity contribution in [1.82, 2.24) is 5.43 Å². The number of hydrazone groups is 1. The van der Waals surface area contributed by atoms with Crippen molar-refractivity contribution in [2.24, 2.45) is 5.10 Å². The molecule has 8 heteroatoms. The summed E-state index contributed by atoms with van der Waals surface area (Å²) in [7, 11) is 0. The number of rotatable bonds is 8. The van der Waals surface area contributed by atoms with E-state index in [0.29, 0.717) is 22.2 Å². The van der Waals surface area contributed by atoms with Crippen LogP contribution in [0.1, 0.15) is 18.1 Å². The molecule has 142 valence electrons. The van der Waals surface area contributed by atoms with Gasteiger partial charge in [-0.2, -0.15) is 5.10 Å². The lowest BCUT2D eigenvalue weighted by molar-refractivity contribution is -0.307. The average Bonchev–Trinajstić information content (AvgIpc) is 2.64. The summed E-state index contributed by atoms with van der Waals surface area (Å²) in [6.07, 6.45) is 0. The van der Waals surface area contributed by atoms with E-state index in [9.17, 15) is 14.7 Å². The number of benzene rings is 2. The normalized spacial score (nSPS) is 11.0. The number of carboxylic acids is 1. The van der Waals surface area contributed by atoms with Gasteiger partial charge in [-0.25, -0.2) is 5.43 Å². The molecule has 1 N–H and O–H groups in total. The number of nitrogens with one attached hydrogen (secondary N) is 1. The maximum Gasteiger partial charge on any atom is 0.277 e. The number of carbonyl (C=O) groups excluding carboxylic acids is 2. The van der Waals surface area contributed by atoms with Crippen LogP contribution in [0.2, 0.25) is 5.02 Å². The largest absolute Gasteiger partial charge is 0.546 e. The Bertz CT molecular complexity index is 850. The number of nitrogens with zero attached hydrogens (tertiary/aromatic N) is 1. The molecule has 0 atom stereocenters. The monoisotopic (exact) mass is 389 g/mol. The van der Waals surface area contributed by atoms with E-state index in [4.69, 9.17) is 21.1 Å². The van der Waals surface area contributed by atoms with E-state index < -0.39 is 18.5 Å². The lowest BCUT2D eigenvalue weighted by Crippen LogP contribution is -2.28. The third-order valence-electron chi connectivity index (χ3n) is 3.47. The zero-order valence-corrected chi connectivity index (χ0v) is 15.6. The van der Waals surface area contributed by atoms with E-state index in [1.165, 1.54) is 0 Å². The Balaban J connectivity index is 1.86. The van der Waals surface area contributed by atoms with Crippen LogP contribution in [0.4, 0.5) is 0 Å². The molecule has 0 saturated carbocycles. The van der Waals surface area contributed by atoms with Crippen molar-refractivity contribution >= 4 is 29.2 Å². The van der Waals surface area contributed by atoms with Crippen LogP contribution in [-0.2, 0) is 9.59 Å². The van der Waals surface area contributed by atoms with Crippen molar-refractivity contribution in [3.05, 3.63) is 58.6 Å². The first-order valence-electron chi connectivity index (χ1n) is 8.00. The minimum atomic E-state index is -1.30. The number of ether oxygens (including phenoxy) is 2. The highest BCUT2D eigenvalue weighted by molar-refractivity contribution is 6.30. The molecule has 7 nitrogen and oxygen atoms in total. The van der Waals surface area contributed by atoms with Crippen LogP contribution in [0.25, 0.3) is 0 Å². The smallest absolute Gasteiger partial charge is 0.277 e. The molecule has 2 aromatic carbocycles. The van der Waals surface area contributed by atoms with Gasteiger partial charge >= 0.3 is 0 Å². The Morgan fingerprint density at radius 2 is 1.81 bits per heavy atom. The highest BCUT2D eigenvalue weighted by Gasteiger charge is 2.06.